The Labute approximate surface area is 71.5 Å². The standard InChI is InChI=1S/C8H12ClNO/c9-5-7(11)8-1-3-10(6-8)4-2-8/h1-6H2. The summed E-state index contributed by atoms with van der Waals surface area (Å²) in [5.74, 6) is 0.465. The Morgan fingerprint density at radius 2 is 2.09 bits per heavy atom. The van der Waals surface area contributed by atoms with Crippen molar-refractivity contribution in [3.8, 4) is 0 Å². The number of hydrogen-bond acceptors (Lipinski definition) is 2. The van der Waals surface area contributed by atoms with E-state index in [1.165, 1.54) is 0 Å². The van der Waals surface area contributed by atoms with E-state index in [1.807, 2.05) is 0 Å². The molecular formula is C8H12ClNO. The summed E-state index contributed by atoms with van der Waals surface area (Å²) in [7, 11) is 0. The number of piperidine rings is 1. The molecule has 0 aliphatic carbocycles. The zero-order chi connectivity index (χ0) is 7.90. The molecule has 2 heterocycles. The van der Waals surface area contributed by atoms with Crippen LogP contribution in [-0.2, 0) is 4.79 Å². The molecule has 0 amide bonds. The van der Waals surface area contributed by atoms with E-state index in [0.717, 1.165) is 32.5 Å². The highest BCUT2D eigenvalue weighted by Crippen LogP contribution is 2.41. The van der Waals surface area contributed by atoms with Crippen LogP contribution in [0.1, 0.15) is 12.8 Å². The van der Waals surface area contributed by atoms with Crippen molar-refractivity contribution < 1.29 is 4.79 Å². The van der Waals surface area contributed by atoms with E-state index in [1.54, 1.807) is 0 Å². The molecule has 2 nitrogen and oxygen atoms in total. The second-order valence-electron chi connectivity index (χ2n) is 3.61. The fraction of sp³-hybridized carbons (Fsp3) is 0.875. The second-order valence-corrected chi connectivity index (χ2v) is 3.88. The van der Waals surface area contributed by atoms with Crippen LogP contribution < -0.4 is 0 Å². The van der Waals surface area contributed by atoms with Crippen molar-refractivity contribution >= 4 is 17.4 Å². The van der Waals surface area contributed by atoms with Gasteiger partial charge in [0.25, 0.3) is 0 Å². The van der Waals surface area contributed by atoms with Gasteiger partial charge in [-0.05, 0) is 25.9 Å². The average Bonchev–Trinajstić information content (AvgIpc) is 2.62. The molecule has 0 atom stereocenters. The smallest absolute Gasteiger partial charge is 0.155 e. The van der Waals surface area contributed by atoms with Crippen LogP contribution in [-0.4, -0.2) is 36.2 Å². The molecule has 0 N–H and O–H groups in total. The van der Waals surface area contributed by atoms with E-state index in [2.05, 4.69) is 4.90 Å². The number of carbonyl (C=O) groups excluding carboxylic acids is 1. The van der Waals surface area contributed by atoms with Crippen molar-refractivity contribution in [1.29, 1.82) is 0 Å². The molecule has 0 aromatic rings. The predicted octanol–water partition coefficient (Wildman–Crippen LogP) is 0.890. The van der Waals surface area contributed by atoms with Crippen LogP contribution in [0.25, 0.3) is 0 Å². The van der Waals surface area contributed by atoms with Gasteiger partial charge in [-0.2, -0.15) is 0 Å². The van der Waals surface area contributed by atoms with Crippen molar-refractivity contribution in [1.82, 2.24) is 4.90 Å². The summed E-state index contributed by atoms with van der Waals surface area (Å²) in [5.41, 5.74) is -0.0260. The van der Waals surface area contributed by atoms with Gasteiger partial charge in [0.15, 0.2) is 5.78 Å². The summed E-state index contributed by atoms with van der Waals surface area (Å²) in [6.07, 6.45) is 2.08. The zero-order valence-electron chi connectivity index (χ0n) is 6.48. The molecule has 0 aromatic carbocycles. The van der Waals surface area contributed by atoms with Crippen molar-refractivity contribution in [3.63, 3.8) is 0 Å². The third kappa shape index (κ3) is 1.00. The van der Waals surface area contributed by atoms with Gasteiger partial charge < -0.3 is 4.90 Å². The number of hydrogen-bond donors (Lipinski definition) is 0. The number of fused-ring (bicyclic) bond motifs is 2. The number of alkyl halides is 1. The van der Waals surface area contributed by atoms with Gasteiger partial charge in [-0.3, -0.25) is 4.79 Å². The summed E-state index contributed by atoms with van der Waals surface area (Å²) in [4.78, 5) is 13.8. The average molecular weight is 174 g/mol. The number of ketones is 1. The molecule has 2 fully saturated rings. The Morgan fingerprint density at radius 3 is 2.45 bits per heavy atom. The first kappa shape index (κ1) is 7.56. The molecular weight excluding hydrogens is 162 g/mol. The van der Waals surface area contributed by atoms with Gasteiger partial charge in [-0.15, -0.1) is 11.6 Å². The van der Waals surface area contributed by atoms with Gasteiger partial charge in [0.05, 0.1) is 5.88 Å². The molecule has 2 bridgehead atoms. The SMILES string of the molecule is O=C(CCl)C12CCN(CC1)C2. The largest absolute Gasteiger partial charge is 0.302 e. The minimum absolute atomic E-state index is 0.0260. The molecule has 0 spiro atoms. The van der Waals surface area contributed by atoms with E-state index in [9.17, 15) is 4.79 Å². The van der Waals surface area contributed by atoms with Gasteiger partial charge in [0.2, 0.25) is 0 Å². The molecule has 2 rings (SSSR count). The summed E-state index contributed by atoms with van der Waals surface area (Å²) in [5, 5.41) is 0. The molecule has 3 heteroatoms. The highest BCUT2D eigenvalue weighted by Gasteiger charge is 2.48. The van der Waals surface area contributed by atoms with Gasteiger partial charge in [-0.1, -0.05) is 0 Å². The Hall–Kier alpha value is -0.0800. The molecule has 0 unspecified atom stereocenters. The third-order valence-electron chi connectivity index (χ3n) is 3.05. The van der Waals surface area contributed by atoms with Crippen LogP contribution in [0.5, 0.6) is 0 Å². The van der Waals surface area contributed by atoms with Gasteiger partial charge in [-0.25, -0.2) is 0 Å². The number of nitrogens with zero attached hydrogens (tertiary/aromatic N) is 1. The molecule has 0 aromatic heterocycles. The van der Waals surface area contributed by atoms with Crippen molar-refractivity contribution in [2.75, 3.05) is 25.5 Å². The first-order chi connectivity index (χ1) is 5.27. The Bertz CT molecular complexity index is 185. The number of Topliss-reactive ketones (excluding diaryl/α,β-unsaturated/α-hetero) is 1. The van der Waals surface area contributed by atoms with E-state index in [4.69, 9.17) is 11.6 Å². The van der Waals surface area contributed by atoms with Gasteiger partial charge in [0, 0.05) is 12.0 Å². The molecule has 62 valence electrons. The van der Waals surface area contributed by atoms with Crippen LogP contribution in [0.3, 0.4) is 0 Å². The van der Waals surface area contributed by atoms with E-state index >= 15 is 0 Å². The molecule has 2 saturated heterocycles. The maximum atomic E-state index is 11.4. The highest BCUT2D eigenvalue weighted by molar-refractivity contribution is 6.28. The molecule has 2 aliphatic rings. The minimum atomic E-state index is -0.0260. The van der Waals surface area contributed by atoms with Crippen LogP contribution in [0.4, 0.5) is 0 Å². The lowest BCUT2D eigenvalue weighted by molar-refractivity contribution is -0.124. The quantitative estimate of drug-likeness (QED) is 0.579. The van der Waals surface area contributed by atoms with Crippen LogP contribution in [0.2, 0.25) is 0 Å². The van der Waals surface area contributed by atoms with Crippen LogP contribution in [0.15, 0.2) is 0 Å². The molecule has 0 radical (unpaired) electrons. The Balaban J connectivity index is 2.16. The predicted molar refractivity (Wildman–Crippen MR) is 43.8 cm³/mol. The zero-order valence-corrected chi connectivity index (χ0v) is 7.23. The summed E-state index contributed by atoms with van der Waals surface area (Å²) in [6, 6.07) is 0. The number of rotatable bonds is 2. The van der Waals surface area contributed by atoms with Crippen molar-refractivity contribution in [3.05, 3.63) is 0 Å². The fourth-order valence-corrected chi connectivity index (χ4v) is 2.52. The maximum absolute atomic E-state index is 11.4. The molecule has 2 aliphatic heterocycles. The topological polar surface area (TPSA) is 20.3 Å². The Kier molecular flexibility index (Phi) is 1.69. The van der Waals surface area contributed by atoms with Gasteiger partial charge in [0.1, 0.15) is 0 Å². The number of carbonyl (C=O) groups is 1. The highest BCUT2D eigenvalue weighted by atomic mass is 35.5. The van der Waals surface area contributed by atoms with Crippen molar-refractivity contribution in [2.24, 2.45) is 5.41 Å². The minimum Gasteiger partial charge on any atom is -0.302 e. The normalized spacial score (nSPS) is 41.4. The maximum Gasteiger partial charge on any atom is 0.155 e. The number of halogens is 1. The first-order valence-electron chi connectivity index (χ1n) is 4.08. The monoisotopic (exact) mass is 173 g/mol. The van der Waals surface area contributed by atoms with E-state index in [0.29, 0.717) is 0 Å². The molecule has 0 saturated carbocycles. The molecule has 11 heavy (non-hydrogen) atoms. The summed E-state index contributed by atoms with van der Waals surface area (Å²) in [6.45, 7) is 3.17. The lowest BCUT2D eigenvalue weighted by Gasteiger charge is -2.21. The van der Waals surface area contributed by atoms with E-state index < -0.39 is 0 Å². The van der Waals surface area contributed by atoms with E-state index in [-0.39, 0.29) is 17.1 Å². The lowest BCUT2D eigenvalue weighted by atomic mass is 9.81. The Morgan fingerprint density at radius 1 is 1.45 bits per heavy atom. The van der Waals surface area contributed by atoms with Crippen LogP contribution in [0, 0.1) is 5.41 Å². The summed E-state index contributed by atoms with van der Waals surface area (Å²) < 4.78 is 0. The lowest BCUT2D eigenvalue weighted by Crippen LogP contribution is -2.30. The summed E-state index contributed by atoms with van der Waals surface area (Å²) >= 11 is 5.55. The second kappa shape index (κ2) is 2.46. The van der Waals surface area contributed by atoms with Crippen molar-refractivity contribution in [2.45, 2.75) is 12.8 Å². The van der Waals surface area contributed by atoms with Gasteiger partial charge >= 0.3 is 0 Å². The van der Waals surface area contributed by atoms with Crippen LogP contribution >= 0.6 is 11.6 Å². The third-order valence-corrected chi connectivity index (χ3v) is 3.30. The first-order valence-corrected chi connectivity index (χ1v) is 4.62. The fourth-order valence-electron chi connectivity index (χ4n) is 2.23.